The number of benzene rings is 6. The Morgan fingerprint density at radius 1 is 0.591 bits per heavy atom. The Hall–Kier alpha value is -5.68. The van der Waals surface area contributed by atoms with E-state index < -0.39 is 0 Å². The van der Waals surface area contributed by atoms with Gasteiger partial charge in [0.25, 0.3) is 0 Å². The van der Waals surface area contributed by atoms with Crippen LogP contribution in [0.25, 0.3) is 54.7 Å². The number of nitrogens with zero attached hydrogens (tertiary/aromatic N) is 4. The smallest absolute Gasteiger partial charge is 0.328 e. The molecule has 0 aliphatic carbocycles. The van der Waals surface area contributed by atoms with Gasteiger partial charge in [0.2, 0.25) is 0 Å². The molecule has 1 unspecified atom stereocenters. The topological polar surface area (TPSA) is 53.4 Å². The van der Waals surface area contributed by atoms with Crippen molar-refractivity contribution in [2.75, 3.05) is 0 Å². The molecule has 7 aromatic rings. The summed E-state index contributed by atoms with van der Waals surface area (Å²) < 4.78 is 3.38. The quantitative estimate of drug-likeness (QED) is 0.196. The molecule has 44 heavy (non-hydrogen) atoms. The maximum atomic E-state index is 12.5. The zero-order valence-electron chi connectivity index (χ0n) is 24.5. The molecule has 0 saturated carbocycles. The van der Waals surface area contributed by atoms with E-state index in [0.717, 1.165) is 50.3 Å². The standard InChI is InChI=1S/C39H29N4O/c1-42-36-20-18-28(23-37(36)43(2)39(42)44)27-12-8-13-30(21-27)34-24-35(41-38(40-34)26-10-4-3-5-11-26)31-17-19-33-29(22-31)16-15-25-9-6-7-14-32(25)33/h3-24,38H,1-2H3/q-1. The lowest BCUT2D eigenvalue weighted by Crippen LogP contribution is -2.19. The molecule has 0 saturated heterocycles. The predicted octanol–water partition coefficient (Wildman–Crippen LogP) is 8.77. The van der Waals surface area contributed by atoms with Crippen LogP contribution in [-0.4, -0.2) is 14.8 Å². The third-order valence-corrected chi connectivity index (χ3v) is 8.70. The van der Waals surface area contributed by atoms with Crippen LogP contribution in [0.3, 0.4) is 0 Å². The van der Waals surface area contributed by atoms with Gasteiger partial charge in [0, 0.05) is 25.8 Å². The molecule has 1 aliphatic heterocycles. The van der Waals surface area contributed by atoms with Crippen LogP contribution in [0.5, 0.6) is 0 Å². The first-order valence-corrected chi connectivity index (χ1v) is 14.8. The number of hydrogen-bond acceptors (Lipinski definition) is 2. The van der Waals surface area contributed by atoms with Crippen molar-refractivity contribution < 1.29 is 0 Å². The molecule has 0 bridgehead atoms. The summed E-state index contributed by atoms with van der Waals surface area (Å²) >= 11 is 0. The molecule has 0 spiro atoms. The summed E-state index contributed by atoms with van der Waals surface area (Å²) in [5, 5.41) is 10.0. The molecule has 1 aromatic heterocycles. The molecule has 0 fully saturated rings. The number of rotatable bonds is 4. The van der Waals surface area contributed by atoms with Crippen molar-refractivity contribution in [3.05, 3.63) is 166 Å². The highest BCUT2D eigenvalue weighted by molar-refractivity contribution is 6.17. The SMILES string of the molecule is Cn1c(=O)n(C)c2cc(-c3cccc(C4=CC(c5ccc6c(ccc7ccccc76)c5)=NC(c5ccccc5)[N-]4)c3)ccc21. The van der Waals surface area contributed by atoms with Crippen LogP contribution in [0.1, 0.15) is 22.9 Å². The first-order chi connectivity index (χ1) is 21.5. The monoisotopic (exact) mass is 569 g/mol. The van der Waals surface area contributed by atoms with Crippen LogP contribution >= 0.6 is 0 Å². The Bertz CT molecular complexity index is 2360. The second-order valence-electron chi connectivity index (χ2n) is 11.4. The highest BCUT2D eigenvalue weighted by Gasteiger charge is 2.14. The van der Waals surface area contributed by atoms with Gasteiger partial charge in [-0.25, -0.2) is 4.79 Å². The lowest BCUT2D eigenvalue weighted by atomic mass is 9.96. The molecule has 0 amide bonds. The second kappa shape index (κ2) is 10.2. The summed E-state index contributed by atoms with van der Waals surface area (Å²) in [6.07, 6.45) is 1.75. The van der Waals surface area contributed by atoms with E-state index in [1.54, 1.807) is 9.13 Å². The maximum absolute atomic E-state index is 12.5. The summed E-state index contributed by atoms with van der Waals surface area (Å²) in [7, 11) is 3.62. The minimum Gasteiger partial charge on any atom is -0.659 e. The van der Waals surface area contributed by atoms with Crippen LogP contribution < -0.4 is 5.69 Å². The normalized spacial score (nSPS) is 14.9. The molecule has 5 heteroatoms. The zero-order valence-corrected chi connectivity index (χ0v) is 24.5. The van der Waals surface area contributed by atoms with E-state index in [1.165, 1.54) is 21.5 Å². The lowest BCUT2D eigenvalue weighted by Gasteiger charge is -2.37. The molecule has 0 N–H and O–H groups in total. The van der Waals surface area contributed by atoms with Gasteiger partial charge in [0.1, 0.15) is 0 Å². The zero-order chi connectivity index (χ0) is 29.8. The third-order valence-electron chi connectivity index (χ3n) is 8.70. The van der Waals surface area contributed by atoms with E-state index in [2.05, 4.69) is 109 Å². The molecule has 2 heterocycles. The fourth-order valence-electron chi connectivity index (χ4n) is 6.30. The molecule has 1 aliphatic rings. The molecule has 8 rings (SSSR count). The Kier molecular flexibility index (Phi) is 6.05. The number of aryl methyl sites for hydroxylation is 2. The van der Waals surface area contributed by atoms with Gasteiger partial charge in [-0.1, -0.05) is 109 Å². The van der Waals surface area contributed by atoms with Crippen molar-refractivity contribution in [3.8, 4) is 11.1 Å². The molecular weight excluding hydrogens is 540 g/mol. The van der Waals surface area contributed by atoms with Gasteiger partial charge in [-0.15, -0.1) is 5.70 Å². The van der Waals surface area contributed by atoms with Crippen molar-refractivity contribution in [2.24, 2.45) is 19.1 Å². The van der Waals surface area contributed by atoms with Crippen molar-refractivity contribution in [1.82, 2.24) is 9.13 Å². The summed E-state index contributed by atoms with van der Waals surface area (Å²) in [4.78, 5) is 17.7. The van der Waals surface area contributed by atoms with Crippen LogP contribution in [0, 0.1) is 0 Å². The second-order valence-corrected chi connectivity index (χ2v) is 11.4. The largest absolute Gasteiger partial charge is 0.659 e. The summed E-state index contributed by atoms with van der Waals surface area (Å²) in [5.41, 5.74) is 8.83. The van der Waals surface area contributed by atoms with E-state index in [1.807, 2.05) is 38.4 Å². The van der Waals surface area contributed by atoms with Gasteiger partial charge in [-0.3, -0.25) is 14.1 Å². The molecule has 1 atom stereocenters. The van der Waals surface area contributed by atoms with Crippen molar-refractivity contribution in [2.45, 2.75) is 6.17 Å². The van der Waals surface area contributed by atoms with E-state index >= 15 is 0 Å². The summed E-state index contributed by atoms with van der Waals surface area (Å²) in [6.45, 7) is 0. The maximum Gasteiger partial charge on any atom is 0.328 e. The van der Waals surface area contributed by atoms with Gasteiger partial charge < -0.3 is 5.32 Å². The number of aromatic nitrogens is 2. The average molecular weight is 570 g/mol. The summed E-state index contributed by atoms with van der Waals surface area (Å²) in [5.74, 6) is 0. The third kappa shape index (κ3) is 4.33. The van der Waals surface area contributed by atoms with Gasteiger partial charge in [-0.05, 0) is 68.1 Å². The van der Waals surface area contributed by atoms with Crippen molar-refractivity contribution >= 4 is 44.0 Å². The molecule has 0 radical (unpaired) electrons. The highest BCUT2D eigenvalue weighted by atomic mass is 16.1. The minimum atomic E-state index is -0.350. The van der Waals surface area contributed by atoms with Gasteiger partial charge in [0.15, 0.2) is 0 Å². The van der Waals surface area contributed by atoms with Gasteiger partial charge >= 0.3 is 5.69 Å². The van der Waals surface area contributed by atoms with Gasteiger partial charge in [0.05, 0.1) is 16.7 Å². The number of allylic oxidation sites excluding steroid dienone is 1. The molecular formula is C39H29N4O-. The first-order valence-electron chi connectivity index (χ1n) is 14.8. The average Bonchev–Trinajstić information content (AvgIpc) is 3.31. The lowest BCUT2D eigenvalue weighted by molar-refractivity contribution is 0.795. The fourth-order valence-corrected chi connectivity index (χ4v) is 6.30. The Balaban J connectivity index is 1.23. The number of aliphatic imine (C=N–C) groups is 1. The van der Waals surface area contributed by atoms with E-state index in [4.69, 9.17) is 10.3 Å². The minimum absolute atomic E-state index is 0.0299. The Labute approximate surface area is 255 Å². The first kappa shape index (κ1) is 26.0. The number of hydrogen-bond donors (Lipinski definition) is 0. The van der Waals surface area contributed by atoms with Crippen LogP contribution in [-0.2, 0) is 14.1 Å². The predicted molar refractivity (Wildman–Crippen MR) is 182 cm³/mol. The molecule has 212 valence electrons. The van der Waals surface area contributed by atoms with Crippen LogP contribution in [0.4, 0.5) is 0 Å². The Morgan fingerprint density at radius 2 is 1.30 bits per heavy atom. The van der Waals surface area contributed by atoms with Crippen LogP contribution in [0.2, 0.25) is 0 Å². The fraction of sp³-hybridized carbons (Fsp3) is 0.0769. The number of fused-ring (bicyclic) bond motifs is 4. The van der Waals surface area contributed by atoms with E-state index in [9.17, 15) is 4.79 Å². The van der Waals surface area contributed by atoms with E-state index in [-0.39, 0.29) is 11.9 Å². The van der Waals surface area contributed by atoms with E-state index in [0.29, 0.717) is 0 Å². The van der Waals surface area contributed by atoms with Crippen molar-refractivity contribution in [1.29, 1.82) is 0 Å². The molecule has 6 aromatic carbocycles. The number of imidazole rings is 1. The van der Waals surface area contributed by atoms with Crippen LogP contribution in [0.15, 0.2) is 143 Å². The Morgan fingerprint density at radius 3 is 2.18 bits per heavy atom. The van der Waals surface area contributed by atoms with Gasteiger partial charge in [-0.2, -0.15) is 0 Å². The summed E-state index contributed by atoms with van der Waals surface area (Å²) in [6, 6.07) is 44.4. The van der Waals surface area contributed by atoms with Crippen molar-refractivity contribution in [3.63, 3.8) is 0 Å². The molecule has 5 nitrogen and oxygen atoms in total. The highest BCUT2D eigenvalue weighted by Crippen LogP contribution is 2.39.